The number of rotatable bonds is 15. The van der Waals surface area contributed by atoms with Crippen LogP contribution in [0.25, 0.3) is 0 Å². The monoisotopic (exact) mass is 420 g/mol. The maximum absolute atomic E-state index is 11.6. The van der Waals surface area contributed by atoms with Crippen LogP contribution in [0.4, 0.5) is 0 Å². The van der Waals surface area contributed by atoms with Crippen molar-refractivity contribution in [1.29, 1.82) is 0 Å². The van der Waals surface area contributed by atoms with Crippen molar-refractivity contribution in [3.63, 3.8) is 0 Å². The lowest BCUT2D eigenvalue weighted by Crippen LogP contribution is -2.44. The van der Waals surface area contributed by atoms with E-state index in [1.54, 1.807) is 0 Å². The molecule has 0 amide bonds. The van der Waals surface area contributed by atoms with E-state index in [1.165, 1.54) is 44.3 Å². The SMILES string of the molecule is C=C(N)[C@H](C(C)C)N(C)C(=CCCCCCCCC)N1CCC(C(C=O)N(C)C)C1. The number of hydrogen-bond donors (Lipinski definition) is 1. The molecule has 1 rings (SSSR count). The summed E-state index contributed by atoms with van der Waals surface area (Å²) >= 11 is 0. The summed E-state index contributed by atoms with van der Waals surface area (Å²) in [6.45, 7) is 12.6. The zero-order valence-electron chi connectivity index (χ0n) is 20.6. The van der Waals surface area contributed by atoms with Crippen LogP contribution < -0.4 is 5.73 Å². The summed E-state index contributed by atoms with van der Waals surface area (Å²) in [4.78, 5) is 18.5. The Morgan fingerprint density at radius 1 is 1.17 bits per heavy atom. The van der Waals surface area contributed by atoms with Crippen molar-refractivity contribution in [3.8, 4) is 0 Å². The summed E-state index contributed by atoms with van der Waals surface area (Å²) in [5.41, 5.74) is 6.92. The van der Waals surface area contributed by atoms with E-state index in [1.807, 2.05) is 19.0 Å². The summed E-state index contributed by atoms with van der Waals surface area (Å²) in [6, 6.07) is 0.0843. The van der Waals surface area contributed by atoms with Gasteiger partial charge >= 0.3 is 0 Å². The maximum Gasteiger partial charge on any atom is 0.137 e. The van der Waals surface area contributed by atoms with Crippen molar-refractivity contribution in [2.24, 2.45) is 17.6 Å². The normalized spacial score (nSPS) is 19.4. The van der Waals surface area contributed by atoms with Crippen molar-refractivity contribution in [3.05, 3.63) is 24.2 Å². The van der Waals surface area contributed by atoms with E-state index in [-0.39, 0.29) is 12.1 Å². The summed E-state index contributed by atoms with van der Waals surface area (Å²) in [6.07, 6.45) is 13.5. The zero-order valence-corrected chi connectivity index (χ0v) is 20.6. The number of nitrogens with two attached hydrogens (primary N) is 1. The first-order valence-electron chi connectivity index (χ1n) is 12.0. The van der Waals surface area contributed by atoms with Crippen LogP contribution in [-0.4, -0.2) is 67.3 Å². The molecule has 0 aromatic carbocycles. The van der Waals surface area contributed by atoms with Crippen molar-refractivity contribution in [1.82, 2.24) is 14.7 Å². The highest BCUT2D eigenvalue weighted by Gasteiger charge is 2.34. The molecule has 1 aliphatic heterocycles. The highest BCUT2D eigenvalue weighted by atomic mass is 16.1. The fraction of sp³-hybridized carbons (Fsp3) is 0.800. The lowest BCUT2D eigenvalue weighted by Gasteiger charge is -2.39. The molecule has 30 heavy (non-hydrogen) atoms. The van der Waals surface area contributed by atoms with E-state index >= 15 is 0 Å². The van der Waals surface area contributed by atoms with Crippen molar-refractivity contribution >= 4 is 6.29 Å². The van der Waals surface area contributed by atoms with Crippen LogP contribution in [0.2, 0.25) is 0 Å². The molecule has 5 nitrogen and oxygen atoms in total. The van der Waals surface area contributed by atoms with Crippen LogP contribution in [0.15, 0.2) is 24.2 Å². The summed E-state index contributed by atoms with van der Waals surface area (Å²) < 4.78 is 0. The van der Waals surface area contributed by atoms with Gasteiger partial charge in [0.2, 0.25) is 0 Å². The van der Waals surface area contributed by atoms with Gasteiger partial charge in [0.15, 0.2) is 0 Å². The standard InChI is InChI=1S/C25H48N4O/c1-8-9-10-11-12-13-14-15-24(28(7)25(20(2)3)21(4)26)29-17-16-22(18-29)23(19-30)27(5)6/h15,19-20,22-23,25H,4,8-14,16-18,26H2,1-3,5-7H3/t22?,23?,25-/m0/s1. The predicted molar refractivity (Wildman–Crippen MR) is 129 cm³/mol. The molecule has 0 aromatic rings. The number of nitrogens with zero attached hydrogens (tertiary/aromatic N) is 3. The molecule has 1 fully saturated rings. The van der Waals surface area contributed by atoms with Gasteiger partial charge in [-0.1, -0.05) is 59.5 Å². The van der Waals surface area contributed by atoms with E-state index < -0.39 is 0 Å². The molecule has 0 saturated carbocycles. The predicted octanol–water partition coefficient (Wildman–Crippen LogP) is 4.46. The van der Waals surface area contributed by atoms with Gasteiger partial charge in [-0.05, 0) is 45.4 Å². The van der Waals surface area contributed by atoms with Gasteiger partial charge in [-0.15, -0.1) is 0 Å². The fourth-order valence-electron chi connectivity index (χ4n) is 4.85. The van der Waals surface area contributed by atoms with Gasteiger partial charge in [0.25, 0.3) is 0 Å². The van der Waals surface area contributed by atoms with Crippen LogP contribution in [-0.2, 0) is 4.79 Å². The number of allylic oxidation sites excluding steroid dienone is 1. The molecule has 0 aromatic heterocycles. The van der Waals surface area contributed by atoms with Crippen molar-refractivity contribution in [2.75, 3.05) is 34.2 Å². The number of hydrogen-bond acceptors (Lipinski definition) is 5. The number of carbonyl (C=O) groups is 1. The molecule has 5 heteroatoms. The van der Waals surface area contributed by atoms with E-state index in [4.69, 9.17) is 5.73 Å². The molecule has 1 saturated heterocycles. The Morgan fingerprint density at radius 2 is 1.80 bits per heavy atom. The van der Waals surface area contributed by atoms with Gasteiger partial charge in [-0.2, -0.15) is 0 Å². The average Bonchev–Trinajstić information content (AvgIpc) is 3.12. The van der Waals surface area contributed by atoms with Gasteiger partial charge in [-0.25, -0.2) is 0 Å². The van der Waals surface area contributed by atoms with E-state index in [2.05, 4.69) is 50.3 Å². The van der Waals surface area contributed by atoms with Crippen LogP contribution in [0.3, 0.4) is 0 Å². The van der Waals surface area contributed by atoms with Gasteiger partial charge in [0.05, 0.1) is 12.1 Å². The largest absolute Gasteiger partial charge is 0.401 e. The molecule has 2 unspecified atom stereocenters. The minimum Gasteiger partial charge on any atom is -0.401 e. The fourth-order valence-corrected chi connectivity index (χ4v) is 4.85. The minimum absolute atomic E-state index is 0.0227. The Hall–Kier alpha value is -1.49. The number of likely N-dealkylation sites (N-methyl/N-ethyl adjacent to an activating group) is 2. The number of carbonyl (C=O) groups excluding carboxylic acids is 1. The third-order valence-electron chi connectivity index (χ3n) is 6.44. The maximum atomic E-state index is 11.6. The molecule has 0 aliphatic carbocycles. The van der Waals surface area contributed by atoms with Crippen LogP contribution in [0.5, 0.6) is 0 Å². The second-order valence-corrected chi connectivity index (χ2v) is 9.58. The Bertz CT molecular complexity index is 543. The highest BCUT2D eigenvalue weighted by molar-refractivity contribution is 5.58. The lowest BCUT2D eigenvalue weighted by molar-refractivity contribution is -0.113. The molecular formula is C25H48N4O. The second kappa shape index (κ2) is 13.7. The minimum atomic E-state index is -0.0227. The first-order chi connectivity index (χ1) is 14.2. The van der Waals surface area contributed by atoms with Gasteiger partial charge < -0.3 is 20.3 Å². The Labute approximate surface area is 186 Å². The smallest absolute Gasteiger partial charge is 0.137 e. The Balaban J connectivity index is 2.91. The Kier molecular flexibility index (Phi) is 12.2. The second-order valence-electron chi connectivity index (χ2n) is 9.58. The first kappa shape index (κ1) is 26.5. The number of aldehydes is 1. The number of unbranched alkanes of at least 4 members (excludes halogenated alkanes) is 6. The van der Waals surface area contributed by atoms with Gasteiger partial charge in [0, 0.05) is 31.8 Å². The van der Waals surface area contributed by atoms with Crippen LogP contribution in [0.1, 0.15) is 72.1 Å². The summed E-state index contributed by atoms with van der Waals surface area (Å²) in [5.74, 6) is 1.99. The Morgan fingerprint density at radius 3 is 2.33 bits per heavy atom. The van der Waals surface area contributed by atoms with Gasteiger partial charge in [-0.3, -0.25) is 4.90 Å². The van der Waals surface area contributed by atoms with E-state index in [0.29, 0.717) is 17.5 Å². The third-order valence-corrected chi connectivity index (χ3v) is 6.44. The van der Waals surface area contributed by atoms with Crippen LogP contribution in [0, 0.1) is 11.8 Å². The first-order valence-corrected chi connectivity index (χ1v) is 12.0. The topological polar surface area (TPSA) is 52.8 Å². The highest BCUT2D eigenvalue weighted by Crippen LogP contribution is 2.29. The molecule has 1 heterocycles. The molecule has 0 spiro atoms. The quantitative estimate of drug-likeness (QED) is 0.313. The molecule has 0 radical (unpaired) electrons. The molecule has 2 N–H and O–H groups in total. The summed E-state index contributed by atoms with van der Waals surface area (Å²) in [7, 11) is 6.14. The zero-order chi connectivity index (χ0) is 22.7. The molecule has 0 bridgehead atoms. The molecular weight excluding hydrogens is 372 g/mol. The molecule has 174 valence electrons. The third kappa shape index (κ3) is 7.98. The lowest BCUT2D eigenvalue weighted by atomic mass is 9.99. The van der Waals surface area contributed by atoms with Gasteiger partial charge in [0.1, 0.15) is 12.1 Å². The molecule has 1 aliphatic rings. The molecule has 3 atom stereocenters. The van der Waals surface area contributed by atoms with E-state index in [9.17, 15) is 4.79 Å². The average molecular weight is 421 g/mol. The van der Waals surface area contributed by atoms with E-state index in [0.717, 1.165) is 32.2 Å². The summed E-state index contributed by atoms with van der Waals surface area (Å²) in [5, 5.41) is 0. The van der Waals surface area contributed by atoms with Crippen molar-refractivity contribution < 1.29 is 4.79 Å². The van der Waals surface area contributed by atoms with Crippen molar-refractivity contribution in [2.45, 2.75) is 84.2 Å². The van der Waals surface area contributed by atoms with Crippen LogP contribution >= 0.6 is 0 Å². The number of likely N-dealkylation sites (tertiary alicyclic amines) is 1.